The van der Waals surface area contributed by atoms with Crippen molar-refractivity contribution in [3.63, 3.8) is 0 Å². The van der Waals surface area contributed by atoms with Crippen LogP contribution in [0.5, 0.6) is 0 Å². The quantitative estimate of drug-likeness (QED) is 0.266. The molecule has 2 aromatic carbocycles. The highest BCUT2D eigenvalue weighted by Gasteiger charge is 2.20. The van der Waals surface area contributed by atoms with Crippen LogP contribution in [0.1, 0.15) is 24.4 Å². The van der Waals surface area contributed by atoms with Gasteiger partial charge in [0.1, 0.15) is 5.69 Å². The molecule has 5 rings (SSSR count). The van der Waals surface area contributed by atoms with E-state index in [1.807, 2.05) is 73.7 Å². The second kappa shape index (κ2) is 9.79. The van der Waals surface area contributed by atoms with Crippen LogP contribution < -0.4 is 10.9 Å². The first kappa shape index (κ1) is 22.9. The molecule has 3 heterocycles. The maximum Gasteiger partial charge on any atom is 0.263 e. The lowest BCUT2D eigenvalue weighted by molar-refractivity contribution is 0.735. The van der Waals surface area contributed by atoms with Crippen molar-refractivity contribution in [1.29, 1.82) is 0 Å². The molecule has 0 bridgehead atoms. The highest BCUT2D eigenvalue weighted by molar-refractivity contribution is 6.03. The van der Waals surface area contributed by atoms with Crippen LogP contribution in [-0.4, -0.2) is 39.1 Å². The number of aromatic amines is 1. The molecule has 0 aliphatic heterocycles. The second-order valence-corrected chi connectivity index (χ2v) is 8.22. The summed E-state index contributed by atoms with van der Waals surface area (Å²) in [6.45, 7) is 5.64. The number of fused-ring (bicyclic) bond motifs is 1. The third kappa shape index (κ3) is 4.09. The number of nitrogens with zero attached hydrogens (tertiary/aromatic N) is 5. The largest absolute Gasteiger partial charge is 0.371 e. The van der Waals surface area contributed by atoms with Gasteiger partial charge in [-0.25, -0.2) is 9.98 Å². The van der Waals surface area contributed by atoms with Gasteiger partial charge in [-0.05, 0) is 48.9 Å². The lowest BCUT2D eigenvalue weighted by atomic mass is 9.99. The number of H-pyrrole nitrogens is 1. The van der Waals surface area contributed by atoms with E-state index in [4.69, 9.17) is 4.99 Å². The number of benzene rings is 2. The van der Waals surface area contributed by atoms with Crippen LogP contribution >= 0.6 is 0 Å². The summed E-state index contributed by atoms with van der Waals surface area (Å²) in [4.78, 5) is 34.7. The summed E-state index contributed by atoms with van der Waals surface area (Å²) >= 11 is 0. The van der Waals surface area contributed by atoms with Crippen LogP contribution in [-0.2, 0) is 0 Å². The molecular weight excluding hydrogens is 450 g/mol. The minimum absolute atomic E-state index is 0.124. The summed E-state index contributed by atoms with van der Waals surface area (Å²) in [5.74, 6) is 1.02. The Morgan fingerprint density at radius 2 is 1.94 bits per heavy atom. The van der Waals surface area contributed by atoms with Gasteiger partial charge in [0, 0.05) is 30.7 Å². The number of amidine groups is 1. The first-order valence-corrected chi connectivity index (χ1v) is 11.5. The van der Waals surface area contributed by atoms with Crippen molar-refractivity contribution in [3.05, 3.63) is 107 Å². The van der Waals surface area contributed by atoms with Gasteiger partial charge in [-0.2, -0.15) is 0 Å². The van der Waals surface area contributed by atoms with Gasteiger partial charge < -0.3 is 10.3 Å². The Kier molecular flexibility index (Phi) is 6.23. The van der Waals surface area contributed by atoms with Crippen LogP contribution in [0.2, 0.25) is 0 Å². The fraction of sp³-hybridized carbons (Fsp3) is 0.107. The molecule has 0 unspecified atom stereocenters. The number of hydrogen-bond acceptors (Lipinski definition) is 5. The normalized spacial score (nSPS) is 12.4. The Hall–Kier alpha value is -4.85. The third-order valence-electron chi connectivity index (χ3n) is 6.06. The van der Waals surface area contributed by atoms with Crippen LogP contribution in [0, 0.1) is 0 Å². The molecule has 3 aromatic heterocycles. The summed E-state index contributed by atoms with van der Waals surface area (Å²) < 4.78 is 1.73. The molecule has 0 fully saturated rings. The lowest BCUT2D eigenvalue weighted by Crippen LogP contribution is -2.24. The fourth-order valence-electron chi connectivity index (χ4n) is 4.38. The van der Waals surface area contributed by atoms with Gasteiger partial charge in [0.2, 0.25) is 0 Å². The third-order valence-corrected chi connectivity index (χ3v) is 6.06. The smallest absolute Gasteiger partial charge is 0.263 e. The molecule has 178 valence electrons. The predicted octanol–water partition coefficient (Wildman–Crippen LogP) is 5.03. The Balaban J connectivity index is 1.77. The van der Waals surface area contributed by atoms with Gasteiger partial charge in [-0.3, -0.25) is 19.3 Å². The molecule has 8 nitrogen and oxygen atoms in total. The Morgan fingerprint density at radius 1 is 1.11 bits per heavy atom. The number of aliphatic imine (C=N–C) groups is 2. The first-order chi connectivity index (χ1) is 17.6. The van der Waals surface area contributed by atoms with Gasteiger partial charge >= 0.3 is 0 Å². The Labute approximate surface area is 208 Å². The molecule has 8 heteroatoms. The molecule has 0 saturated heterocycles. The molecule has 0 radical (unpaired) electrons. The fourth-order valence-corrected chi connectivity index (χ4v) is 4.38. The molecule has 2 N–H and O–H groups in total. The van der Waals surface area contributed by atoms with Gasteiger partial charge in [0.05, 0.1) is 23.4 Å². The number of aromatic nitrogens is 4. The summed E-state index contributed by atoms with van der Waals surface area (Å²) in [6, 6.07) is 20.9. The number of anilines is 1. The molecule has 0 aliphatic carbocycles. The van der Waals surface area contributed by atoms with E-state index in [2.05, 4.69) is 32.0 Å². The van der Waals surface area contributed by atoms with E-state index in [-0.39, 0.29) is 5.56 Å². The standard InChI is InChI=1S/C28H25N7O/c1-18(34-27(30-3)25-26(29-2)33-17-32-25)23-15-19-9-7-13-22(20-10-8-14-31-16-20)24(19)28(36)35(23)21-11-5-4-6-12-21/h4-18,29H,3H2,1-2H3,(H,32,33)/t18-/m1/s1. The molecule has 36 heavy (non-hydrogen) atoms. The van der Waals surface area contributed by atoms with Crippen molar-refractivity contribution >= 4 is 29.1 Å². The molecular formula is C28H25N7O. The molecule has 0 aliphatic rings. The minimum Gasteiger partial charge on any atom is -0.371 e. The highest BCUT2D eigenvalue weighted by Crippen LogP contribution is 2.30. The predicted molar refractivity (Wildman–Crippen MR) is 145 cm³/mol. The maximum atomic E-state index is 14.2. The van der Waals surface area contributed by atoms with Gasteiger partial charge in [-0.15, -0.1) is 0 Å². The zero-order chi connectivity index (χ0) is 25.1. The van der Waals surface area contributed by atoms with Crippen molar-refractivity contribution in [2.75, 3.05) is 12.4 Å². The van der Waals surface area contributed by atoms with Gasteiger partial charge in [0.25, 0.3) is 5.56 Å². The Bertz CT molecular complexity index is 1620. The molecule has 0 spiro atoms. The minimum atomic E-state index is -0.419. The number of nitrogens with one attached hydrogen (secondary N) is 2. The molecule has 5 aromatic rings. The number of hydrogen-bond donors (Lipinski definition) is 2. The first-order valence-electron chi connectivity index (χ1n) is 11.5. The number of rotatable bonds is 6. The van der Waals surface area contributed by atoms with Crippen molar-refractivity contribution in [2.45, 2.75) is 13.0 Å². The average Bonchev–Trinajstić information content (AvgIpc) is 3.41. The lowest BCUT2D eigenvalue weighted by Gasteiger charge is -2.19. The van der Waals surface area contributed by atoms with E-state index in [0.717, 1.165) is 27.9 Å². The summed E-state index contributed by atoms with van der Waals surface area (Å²) in [5.41, 5.74) is 3.72. The van der Waals surface area contributed by atoms with Crippen LogP contribution in [0.15, 0.2) is 100 Å². The van der Waals surface area contributed by atoms with Crippen molar-refractivity contribution in [1.82, 2.24) is 19.5 Å². The van der Waals surface area contributed by atoms with E-state index >= 15 is 0 Å². The summed E-state index contributed by atoms with van der Waals surface area (Å²) in [5, 5.41) is 4.48. The number of para-hydroxylation sites is 1. The van der Waals surface area contributed by atoms with E-state index in [9.17, 15) is 4.79 Å². The van der Waals surface area contributed by atoms with Crippen molar-refractivity contribution in [3.8, 4) is 16.8 Å². The molecule has 0 saturated carbocycles. The number of pyridine rings is 2. The average molecular weight is 476 g/mol. The monoisotopic (exact) mass is 475 g/mol. The maximum absolute atomic E-state index is 14.2. The zero-order valence-corrected chi connectivity index (χ0v) is 20.0. The van der Waals surface area contributed by atoms with Crippen molar-refractivity contribution in [2.24, 2.45) is 9.98 Å². The van der Waals surface area contributed by atoms with Crippen molar-refractivity contribution < 1.29 is 0 Å². The summed E-state index contributed by atoms with van der Waals surface area (Å²) in [7, 11) is 1.78. The topological polar surface area (TPSA) is 100 Å². The van der Waals surface area contributed by atoms with E-state index in [1.54, 1.807) is 30.3 Å². The van der Waals surface area contributed by atoms with E-state index < -0.39 is 6.04 Å². The highest BCUT2D eigenvalue weighted by atomic mass is 16.1. The second-order valence-electron chi connectivity index (χ2n) is 8.22. The van der Waals surface area contributed by atoms with Crippen LogP contribution in [0.4, 0.5) is 5.82 Å². The molecule has 1 atom stereocenters. The van der Waals surface area contributed by atoms with E-state index in [0.29, 0.717) is 22.7 Å². The van der Waals surface area contributed by atoms with Gasteiger partial charge in [0.15, 0.2) is 11.7 Å². The zero-order valence-electron chi connectivity index (χ0n) is 20.0. The van der Waals surface area contributed by atoms with Crippen LogP contribution in [0.3, 0.4) is 0 Å². The van der Waals surface area contributed by atoms with E-state index in [1.165, 1.54) is 0 Å². The number of imidazole rings is 1. The van der Waals surface area contributed by atoms with Crippen LogP contribution in [0.25, 0.3) is 27.6 Å². The SMILES string of the molecule is C=NC(=N[C@H](C)c1cc2cccc(-c3cccnc3)c2c(=O)n1-c1ccccc1)c1[nH]cnc1NC. The molecule has 0 amide bonds. The Morgan fingerprint density at radius 3 is 2.67 bits per heavy atom. The summed E-state index contributed by atoms with van der Waals surface area (Å²) in [6.07, 6.45) is 5.06. The van der Waals surface area contributed by atoms with Gasteiger partial charge in [-0.1, -0.05) is 42.5 Å².